The van der Waals surface area contributed by atoms with E-state index in [1.807, 2.05) is 0 Å². The van der Waals surface area contributed by atoms with Gasteiger partial charge < -0.3 is 9.80 Å². The Morgan fingerprint density at radius 2 is 1.75 bits per heavy atom. The first kappa shape index (κ1) is 11.4. The van der Waals surface area contributed by atoms with E-state index in [9.17, 15) is 0 Å². The van der Waals surface area contributed by atoms with E-state index in [4.69, 9.17) is 5.26 Å². The third kappa shape index (κ3) is 7.52. The molecule has 0 spiro atoms. The highest BCUT2D eigenvalue weighted by Crippen LogP contribution is 1.90. The summed E-state index contributed by atoms with van der Waals surface area (Å²) in [7, 11) is 6.22. The van der Waals surface area contributed by atoms with E-state index in [1.54, 1.807) is 0 Å². The zero-order valence-electron chi connectivity index (χ0n) is 8.38. The molecule has 0 aliphatic heterocycles. The zero-order valence-corrected chi connectivity index (χ0v) is 8.38. The standard InChI is InChI=1S/C9H19N3/c1-11(2)7-5-9-12(3)8-4-6-10/h4-5,7-9H2,1-3H3. The largest absolute Gasteiger partial charge is 0.309 e. The van der Waals surface area contributed by atoms with Crippen molar-refractivity contribution >= 4 is 0 Å². The van der Waals surface area contributed by atoms with Crippen LogP contribution in [-0.2, 0) is 0 Å². The van der Waals surface area contributed by atoms with Crippen molar-refractivity contribution in [1.29, 1.82) is 5.26 Å². The molecule has 3 nitrogen and oxygen atoms in total. The molecule has 0 aromatic carbocycles. The Morgan fingerprint density at radius 3 is 2.25 bits per heavy atom. The molecule has 0 unspecified atom stereocenters. The Hall–Kier alpha value is -0.590. The van der Waals surface area contributed by atoms with Crippen LogP contribution in [0, 0.1) is 11.3 Å². The molecule has 0 saturated carbocycles. The van der Waals surface area contributed by atoms with Gasteiger partial charge in [0.15, 0.2) is 0 Å². The van der Waals surface area contributed by atoms with E-state index < -0.39 is 0 Å². The Labute approximate surface area is 75.6 Å². The third-order valence-corrected chi connectivity index (χ3v) is 1.75. The molecule has 0 N–H and O–H groups in total. The quantitative estimate of drug-likeness (QED) is 0.588. The highest BCUT2D eigenvalue weighted by atomic mass is 15.1. The van der Waals surface area contributed by atoms with E-state index in [0.29, 0.717) is 6.42 Å². The topological polar surface area (TPSA) is 30.3 Å². The van der Waals surface area contributed by atoms with Crippen molar-refractivity contribution in [1.82, 2.24) is 9.80 Å². The first-order chi connectivity index (χ1) is 5.66. The van der Waals surface area contributed by atoms with Gasteiger partial charge in [-0.25, -0.2) is 0 Å². The van der Waals surface area contributed by atoms with Crippen LogP contribution in [0.4, 0.5) is 0 Å². The van der Waals surface area contributed by atoms with Gasteiger partial charge in [0.05, 0.1) is 6.07 Å². The van der Waals surface area contributed by atoms with Crippen molar-refractivity contribution in [3.8, 4) is 6.07 Å². The molecule has 3 heteroatoms. The molecule has 12 heavy (non-hydrogen) atoms. The summed E-state index contributed by atoms with van der Waals surface area (Å²) in [6.45, 7) is 3.10. The highest BCUT2D eigenvalue weighted by Gasteiger charge is 1.97. The van der Waals surface area contributed by atoms with Gasteiger partial charge in [0.25, 0.3) is 0 Å². The lowest BCUT2D eigenvalue weighted by Crippen LogP contribution is -2.24. The summed E-state index contributed by atoms with van der Waals surface area (Å²) in [5.74, 6) is 0. The van der Waals surface area contributed by atoms with Crippen LogP contribution in [0.15, 0.2) is 0 Å². The van der Waals surface area contributed by atoms with Crippen molar-refractivity contribution in [3.63, 3.8) is 0 Å². The highest BCUT2D eigenvalue weighted by molar-refractivity contribution is 4.70. The molecule has 0 bridgehead atoms. The molecule has 0 rings (SSSR count). The smallest absolute Gasteiger partial charge is 0.0635 e. The van der Waals surface area contributed by atoms with Crippen LogP contribution in [0.1, 0.15) is 12.8 Å². The maximum absolute atomic E-state index is 8.34. The van der Waals surface area contributed by atoms with Gasteiger partial charge in [0, 0.05) is 13.0 Å². The SMILES string of the molecule is CN(C)CCCN(C)CCC#N. The number of hydrogen-bond acceptors (Lipinski definition) is 3. The van der Waals surface area contributed by atoms with Crippen LogP contribution >= 0.6 is 0 Å². The molecule has 0 aliphatic carbocycles. The minimum Gasteiger partial charge on any atom is -0.309 e. The Bertz CT molecular complexity index is 137. The third-order valence-electron chi connectivity index (χ3n) is 1.75. The molecule has 70 valence electrons. The van der Waals surface area contributed by atoms with Crippen molar-refractivity contribution < 1.29 is 0 Å². The number of hydrogen-bond donors (Lipinski definition) is 0. The van der Waals surface area contributed by atoms with Gasteiger partial charge in [-0.2, -0.15) is 5.26 Å². The summed E-state index contributed by atoms with van der Waals surface area (Å²) in [6, 6.07) is 2.15. The first-order valence-electron chi connectivity index (χ1n) is 4.37. The second-order valence-corrected chi connectivity index (χ2v) is 3.37. The predicted octanol–water partition coefficient (Wildman–Crippen LogP) is 0.784. The van der Waals surface area contributed by atoms with Crippen LogP contribution < -0.4 is 0 Å². The van der Waals surface area contributed by atoms with Gasteiger partial charge in [0.2, 0.25) is 0 Å². The van der Waals surface area contributed by atoms with Crippen molar-refractivity contribution in [2.45, 2.75) is 12.8 Å². The summed E-state index contributed by atoms with van der Waals surface area (Å²) in [6.07, 6.45) is 1.81. The fourth-order valence-corrected chi connectivity index (χ4v) is 1.01. The molecular formula is C9H19N3. The van der Waals surface area contributed by atoms with Crippen LogP contribution in [-0.4, -0.2) is 50.6 Å². The number of rotatable bonds is 6. The molecule has 0 radical (unpaired) electrons. The maximum Gasteiger partial charge on any atom is 0.0635 e. The van der Waals surface area contributed by atoms with E-state index in [2.05, 4.69) is 37.0 Å². The monoisotopic (exact) mass is 169 g/mol. The molecular weight excluding hydrogens is 150 g/mol. The molecule has 0 heterocycles. The number of nitriles is 1. The Morgan fingerprint density at radius 1 is 1.08 bits per heavy atom. The average molecular weight is 169 g/mol. The van der Waals surface area contributed by atoms with Crippen LogP contribution in [0.2, 0.25) is 0 Å². The van der Waals surface area contributed by atoms with Crippen molar-refractivity contribution in [2.75, 3.05) is 40.8 Å². The summed E-state index contributed by atoms with van der Waals surface area (Å²) in [4.78, 5) is 4.38. The maximum atomic E-state index is 8.34. The van der Waals surface area contributed by atoms with Crippen LogP contribution in [0.3, 0.4) is 0 Å². The molecule has 0 aromatic heterocycles. The second-order valence-electron chi connectivity index (χ2n) is 3.37. The van der Waals surface area contributed by atoms with E-state index in [1.165, 1.54) is 6.42 Å². The minimum atomic E-state index is 0.637. The molecule has 0 atom stereocenters. The number of nitrogens with zero attached hydrogens (tertiary/aromatic N) is 3. The van der Waals surface area contributed by atoms with Gasteiger partial charge in [-0.3, -0.25) is 0 Å². The summed E-state index contributed by atoms with van der Waals surface area (Å²) >= 11 is 0. The molecule has 0 aromatic rings. The van der Waals surface area contributed by atoms with Gasteiger partial charge in [-0.15, -0.1) is 0 Å². The molecule has 0 amide bonds. The zero-order chi connectivity index (χ0) is 9.40. The van der Waals surface area contributed by atoms with Gasteiger partial charge >= 0.3 is 0 Å². The minimum absolute atomic E-state index is 0.637. The van der Waals surface area contributed by atoms with E-state index in [0.717, 1.165) is 19.6 Å². The van der Waals surface area contributed by atoms with Crippen molar-refractivity contribution in [3.05, 3.63) is 0 Å². The first-order valence-corrected chi connectivity index (χ1v) is 4.37. The van der Waals surface area contributed by atoms with Crippen LogP contribution in [0.5, 0.6) is 0 Å². The Balaban J connectivity index is 3.20. The van der Waals surface area contributed by atoms with E-state index >= 15 is 0 Å². The lowest BCUT2D eigenvalue weighted by Gasteiger charge is -2.16. The molecule has 0 aliphatic rings. The fraction of sp³-hybridized carbons (Fsp3) is 0.889. The van der Waals surface area contributed by atoms with Gasteiger partial charge in [-0.1, -0.05) is 0 Å². The Kier molecular flexibility index (Phi) is 6.73. The lowest BCUT2D eigenvalue weighted by atomic mass is 10.3. The summed E-state index contributed by atoms with van der Waals surface area (Å²) in [5, 5.41) is 8.34. The summed E-state index contributed by atoms with van der Waals surface area (Å²) < 4.78 is 0. The van der Waals surface area contributed by atoms with Crippen LogP contribution in [0.25, 0.3) is 0 Å². The van der Waals surface area contributed by atoms with E-state index in [-0.39, 0.29) is 0 Å². The summed E-state index contributed by atoms with van der Waals surface area (Å²) in [5.41, 5.74) is 0. The van der Waals surface area contributed by atoms with Crippen molar-refractivity contribution in [2.24, 2.45) is 0 Å². The second kappa shape index (κ2) is 7.08. The predicted molar refractivity (Wildman–Crippen MR) is 50.9 cm³/mol. The fourth-order valence-electron chi connectivity index (χ4n) is 1.01. The molecule has 0 saturated heterocycles. The normalized spacial score (nSPS) is 10.7. The average Bonchev–Trinajstić information content (AvgIpc) is 2.00. The van der Waals surface area contributed by atoms with Gasteiger partial charge in [-0.05, 0) is 40.7 Å². The van der Waals surface area contributed by atoms with Gasteiger partial charge in [0.1, 0.15) is 0 Å². The molecule has 0 fully saturated rings. The lowest BCUT2D eigenvalue weighted by molar-refractivity contribution is 0.305.